The smallest absolute Gasteiger partial charge is 0.0101 e. The molecule has 1 heteroatoms. The van der Waals surface area contributed by atoms with Crippen molar-refractivity contribution < 1.29 is 0 Å². The molecule has 1 N–H and O–H groups in total. The minimum atomic E-state index is 0.647. The van der Waals surface area contributed by atoms with Crippen LogP contribution in [0.25, 0.3) is 0 Å². The van der Waals surface area contributed by atoms with Gasteiger partial charge in [0.05, 0.1) is 0 Å². The van der Waals surface area contributed by atoms with Crippen molar-refractivity contribution in [3.63, 3.8) is 0 Å². The lowest BCUT2D eigenvalue weighted by molar-refractivity contribution is 0.222. The Morgan fingerprint density at radius 2 is 2.29 bits per heavy atom. The van der Waals surface area contributed by atoms with Gasteiger partial charge in [-0.2, -0.15) is 0 Å². The number of hydrogen-bond donors (Lipinski definition) is 1. The summed E-state index contributed by atoms with van der Waals surface area (Å²) in [5, 5.41) is 3.43. The topological polar surface area (TPSA) is 12.0 Å². The zero-order valence-corrected chi connectivity index (χ0v) is 9.55. The maximum atomic E-state index is 5.31. The molecule has 0 heterocycles. The van der Waals surface area contributed by atoms with Crippen LogP contribution in [0.2, 0.25) is 0 Å². The average molecular weight is 193 g/mol. The van der Waals surface area contributed by atoms with E-state index in [0.29, 0.717) is 6.04 Å². The highest BCUT2D eigenvalue weighted by Gasteiger charge is 2.24. The molecule has 0 aliphatic heterocycles. The van der Waals surface area contributed by atoms with Crippen molar-refractivity contribution in [3.05, 3.63) is 0 Å². The summed E-state index contributed by atoms with van der Waals surface area (Å²) >= 11 is 0. The summed E-state index contributed by atoms with van der Waals surface area (Å²) in [5.41, 5.74) is 0. The Kier molecular flexibility index (Phi) is 5.04. The van der Waals surface area contributed by atoms with Crippen molar-refractivity contribution in [2.75, 3.05) is 7.05 Å². The third-order valence-electron chi connectivity index (χ3n) is 3.52. The van der Waals surface area contributed by atoms with E-state index < -0.39 is 0 Å². The minimum Gasteiger partial charge on any atom is -0.317 e. The highest BCUT2D eigenvalue weighted by molar-refractivity contribution is 4.88. The van der Waals surface area contributed by atoms with Gasteiger partial charge >= 0.3 is 0 Å². The molecule has 80 valence electrons. The molecule has 1 aliphatic carbocycles. The molecular weight excluding hydrogens is 170 g/mol. The molecular formula is C13H23N. The van der Waals surface area contributed by atoms with E-state index in [2.05, 4.69) is 25.2 Å². The predicted octanol–water partition coefficient (Wildman–Crippen LogP) is 2.81. The molecule has 1 saturated carbocycles. The molecule has 0 saturated heterocycles. The standard InChI is InChI=1S/C13H23N/c1-4-5-9-13(14-3)12-8-6-7-11(2)10-12/h1,11-14H,5-10H2,2-3H3. The van der Waals surface area contributed by atoms with E-state index in [0.717, 1.165) is 24.7 Å². The predicted molar refractivity (Wildman–Crippen MR) is 62.0 cm³/mol. The molecule has 1 aliphatic rings. The average Bonchev–Trinajstić information content (AvgIpc) is 2.19. The first kappa shape index (κ1) is 11.6. The van der Waals surface area contributed by atoms with Gasteiger partial charge in [-0.1, -0.05) is 19.8 Å². The molecule has 0 radical (unpaired) electrons. The molecule has 1 rings (SSSR count). The molecule has 0 amide bonds. The van der Waals surface area contributed by atoms with Gasteiger partial charge in [-0.05, 0) is 38.1 Å². The van der Waals surface area contributed by atoms with Gasteiger partial charge < -0.3 is 5.32 Å². The van der Waals surface area contributed by atoms with Crippen LogP contribution in [0.3, 0.4) is 0 Å². The van der Waals surface area contributed by atoms with Crippen molar-refractivity contribution in [2.45, 2.75) is 51.5 Å². The summed E-state index contributed by atoms with van der Waals surface area (Å²) in [6, 6.07) is 0.647. The summed E-state index contributed by atoms with van der Waals surface area (Å²) in [6.45, 7) is 2.38. The first-order valence-corrected chi connectivity index (χ1v) is 5.88. The largest absolute Gasteiger partial charge is 0.317 e. The van der Waals surface area contributed by atoms with Crippen LogP contribution in [0.15, 0.2) is 0 Å². The third kappa shape index (κ3) is 3.35. The van der Waals surface area contributed by atoms with E-state index in [4.69, 9.17) is 6.42 Å². The Bertz CT molecular complexity index is 192. The molecule has 3 atom stereocenters. The van der Waals surface area contributed by atoms with Crippen molar-refractivity contribution in [2.24, 2.45) is 11.8 Å². The van der Waals surface area contributed by atoms with Crippen molar-refractivity contribution in [3.8, 4) is 12.3 Å². The Hall–Kier alpha value is -0.480. The number of hydrogen-bond acceptors (Lipinski definition) is 1. The monoisotopic (exact) mass is 193 g/mol. The Morgan fingerprint density at radius 1 is 1.50 bits per heavy atom. The molecule has 0 aromatic heterocycles. The molecule has 14 heavy (non-hydrogen) atoms. The van der Waals surface area contributed by atoms with Crippen LogP contribution in [-0.2, 0) is 0 Å². The summed E-state index contributed by atoms with van der Waals surface area (Å²) < 4.78 is 0. The Balaban J connectivity index is 2.38. The SMILES string of the molecule is C#CCCC(NC)C1CCCC(C)C1. The van der Waals surface area contributed by atoms with E-state index in [1.165, 1.54) is 25.7 Å². The lowest BCUT2D eigenvalue weighted by Gasteiger charge is -2.33. The maximum Gasteiger partial charge on any atom is 0.0101 e. The fraction of sp³-hybridized carbons (Fsp3) is 0.846. The first-order chi connectivity index (χ1) is 6.77. The summed E-state index contributed by atoms with van der Waals surface area (Å²) in [6.07, 6.45) is 13.0. The lowest BCUT2D eigenvalue weighted by atomic mass is 9.77. The highest BCUT2D eigenvalue weighted by atomic mass is 14.9. The second-order valence-corrected chi connectivity index (χ2v) is 4.67. The van der Waals surface area contributed by atoms with E-state index in [1.807, 2.05) is 0 Å². The van der Waals surface area contributed by atoms with Gasteiger partial charge in [-0.25, -0.2) is 0 Å². The number of rotatable bonds is 4. The second kappa shape index (κ2) is 6.09. The summed E-state index contributed by atoms with van der Waals surface area (Å²) in [7, 11) is 2.07. The van der Waals surface area contributed by atoms with Crippen LogP contribution in [0.4, 0.5) is 0 Å². The minimum absolute atomic E-state index is 0.647. The molecule has 1 fully saturated rings. The van der Waals surface area contributed by atoms with Crippen LogP contribution in [0.1, 0.15) is 45.4 Å². The zero-order chi connectivity index (χ0) is 10.4. The van der Waals surface area contributed by atoms with Crippen LogP contribution >= 0.6 is 0 Å². The van der Waals surface area contributed by atoms with E-state index >= 15 is 0 Å². The lowest BCUT2D eigenvalue weighted by Crippen LogP contribution is -2.36. The highest BCUT2D eigenvalue weighted by Crippen LogP contribution is 2.31. The van der Waals surface area contributed by atoms with Gasteiger partial charge in [0.25, 0.3) is 0 Å². The van der Waals surface area contributed by atoms with Gasteiger partial charge in [-0.3, -0.25) is 0 Å². The van der Waals surface area contributed by atoms with Crippen LogP contribution in [0.5, 0.6) is 0 Å². The van der Waals surface area contributed by atoms with Crippen molar-refractivity contribution >= 4 is 0 Å². The third-order valence-corrected chi connectivity index (χ3v) is 3.52. The fourth-order valence-corrected chi connectivity index (χ4v) is 2.70. The van der Waals surface area contributed by atoms with Crippen LogP contribution < -0.4 is 5.32 Å². The quantitative estimate of drug-likeness (QED) is 0.677. The fourth-order valence-electron chi connectivity index (χ4n) is 2.70. The van der Waals surface area contributed by atoms with Gasteiger partial charge in [0.2, 0.25) is 0 Å². The van der Waals surface area contributed by atoms with E-state index in [1.54, 1.807) is 0 Å². The summed E-state index contributed by atoms with van der Waals surface area (Å²) in [4.78, 5) is 0. The Labute approximate surface area is 88.7 Å². The normalized spacial score (nSPS) is 29.5. The summed E-state index contributed by atoms with van der Waals surface area (Å²) in [5.74, 6) is 4.51. The van der Waals surface area contributed by atoms with Gasteiger partial charge in [0, 0.05) is 12.5 Å². The van der Waals surface area contributed by atoms with Crippen LogP contribution in [0, 0.1) is 24.2 Å². The zero-order valence-electron chi connectivity index (χ0n) is 9.55. The number of nitrogens with one attached hydrogen (secondary N) is 1. The number of terminal acetylenes is 1. The van der Waals surface area contributed by atoms with E-state index in [-0.39, 0.29) is 0 Å². The first-order valence-electron chi connectivity index (χ1n) is 5.88. The van der Waals surface area contributed by atoms with Crippen molar-refractivity contribution in [1.82, 2.24) is 5.32 Å². The molecule has 1 nitrogen and oxygen atoms in total. The molecule has 0 aromatic rings. The van der Waals surface area contributed by atoms with Crippen molar-refractivity contribution in [1.29, 1.82) is 0 Å². The van der Waals surface area contributed by atoms with Gasteiger partial charge in [0.15, 0.2) is 0 Å². The van der Waals surface area contributed by atoms with Gasteiger partial charge in [0.1, 0.15) is 0 Å². The Morgan fingerprint density at radius 3 is 2.86 bits per heavy atom. The second-order valence-electron chi connectivity index (χ2n) is 4.67. The molecule has 0 spiro atoms. The molecule has 0 aromatic carbocycles. The molecule has 3 unspecified atom stereocenters. The van der Waals surface area contributed by atoms with E-state index in [9.17, 15) is 0 Å². The van der Waals surface area contributed by atoms with Gasteiger partial charge in [-0.15, -0.1) is 12.3 Å². The molecule has 0 bridgehead atoms. The van der Waals surface area contributed by atoms with Crippen LogP contribution in [-0.4, -0.2) is 13.1 Å². The maximum absolute atomic E-state index is 5.31.